The lowest BCUT2D eigenvalue weighted by molar-refractivity contribution is -0.131. The van der Waals surface area contributed by atoms with Crippen LogP contribution < -0.4 is 5.32 Å². The summed E-state index contributed by atoms with van der Waals surface area (Å²) in [6.07, 6.45) is 10.1. The zero-order valence-corrected chi connectivity index (χ0v) is 18.8. The number of likely N-dealkylation sites (N-methyl/N-ethyl adjacent to an activating group) is 1. The number of aromatic nitrogens is 3. The molecule has 0 saturated carbocycles. The van der Waals surface area contributed by atoms with E-state index < -0.39 is 0 Å². The molecule has 0 spiro atoms. The summed E-state index contributed by atoms with van der Waals surface area (Å²) in [7, 11) is 1.58. The van der Waals surface area contributed by atoms with E-state index in [1.807, 2.05) is 53.3 Å². The van der Waals surface area contributed by atoms with Gasteiger partial charge in [0.1, 0.15) is 11.5 Å². The maximum Gasteiger partial charge on any atom is 0.246 e. The van der Waals surface area contributed by atoms with Gasteiger partial charge < -0.3 is 14.6 Å². The average Bonchev–Trinajstić information content (AvgIpc) is 3.52. The number of nitrogens with zero attached hydrogens (tertiary/aromatic N) is 4. The van der Waals surface area contributed by atoms with Gasteiger partial charge in [0, 0.05) is 42.8 Å². The Morgan fingerprint density at radius 2 is 1.97 bits per heavy atom. The van der Waals surface area contributed by atoms with Crippen molar-refractivity contribution in [2.24, 2.45) is 0 Å². The summed E-state index contributed by atoms with van der Waals surface area (Å²) in [4.78, 5) is 30.3. The number of furan rings is 1. The van der Waals surface area contributed by atoms with Gasteiger partial charge in [0.25, 0.3) is 0 Å². The van der Waals surface area contributed by atoms with Crippen molar-refractivity contribution in [2.75, 3.05) is 13.6 Å². The number of nitrogens with one attached hydrogen (secondary N) is 1. The molecule has 0 aliphatic heterocycles. The zero-order chi connectivity index (χ0) is 23.8. The predicted molar refractivity (Wildman–Crippen MR) is 128 cm³/mol. The Hall–Kier alpha value is -4.46. The monoisotopic (exact) mass is 455 g/mol. The molecule has 0 unspecified atom stereocenters. The summed E-state index contributed by atoms with van der Waals surface area (Å²) in [5.41, 5.74) is 3.49. The molecule has 3 heterocycles. The van der Waals surface area contributed by atoms with Crippen LogP contribution in [0.5, 0.6) is 0 Å². The number of amides is 2. The molecule has 0 atom stereocenters. The molecule has 0 bridgehead atoms. The molecule has 0 aliphatic rings. The van der Waals surface area contributed by atoms with Crippen molar-refractivity contribution < 1.29 is 14.0 Å². The third-order valence-corrected chi connectivity index (χ3v) is 5.11. The lowest BCUT2D eigenvalue weighted by atomic mass is 10.1. The number of hydrogen-bond donors (Lipinski definition) is 1. The first-order chi connectivity index (χ1) is 16.6. The van der Waals surface area contributed by atoms with E-state index in [1.165, 1.54) is 11.0 Å². The van der Waals surface area contributed by atoms with E-state index in [4.69, 9.17) is 9.52 Å². The van der Waals surface area contributed by atoms with Crippen LogP contribution in [-0.4, -0.2) is 45.1 Å². The minimum absolute atomic E-state index is 0.0629. The first-order valence-corrected chi connectivity index (χ1v) is 10.8. The van der Waals surface area contributed by atoms with Crippen LogP contribution in [0.3, 0.4) is 0 Å². The molecule has 2 amide bonds. The number of carbonyl (C=O) groups excluding carboxylic acids is 2. The average molecular weight is 456 g/mol. The molecule has 3 aromatic heterocycles. The lowest BCUT2D eigenvalue weighted by Crippen LogP contribution is -2.37. The molecule has 0 radical (unpaired) electrons. The van der Waals surface area contributed by atoms with Crippen molar-refractivity contribution in [1.82, 2.24) is 25.0 Å². The van der Waals surface area contributed by atoms with Crippen LogP contribution in [0.15, 0.2) is 89.9 Å². The molecule has 8 nitrogen and oxygen atoms in total. The summed E-state index contributed by atoms with van der Waals surface area (Å²) in [5, 5.41) is 7.45. The molecule has 8 heteroatoms. The molecular weight excluding hydrogens is 430 g/mol. The van der Waals surface area contributed by atoms with Crippen molar-refractivity contribution in [3.63, 3.8) is 0 Å². The Kier molecular flexibility index (Phi) is 7.29. The second-order valence-corrected chi connectivity index (χ2v) is 7.74. The van der Waals surface area contributed by atoms with Crippen LogP contribution in [0.2, 0.25) is 0 Å². The van der Waals surface area contributed by atoms with Gasteiger partial charge in [-0.1, -0.05) is 30.3 Å². The molecule has 4 rings (SSSR count). The lowest BCUT2D eigenvalue weighted by Gasteiger charge is -2.14. The van der Waals surface area contributed by atoms with E-state index >= 15 is 0 Å². The highest BCUT2D eigenvalue weighted by atomic mass is 16.3. The Morgan fingerprint density at radius 3 is 2.71 bits per heavy atom. The van der Waals surface area contributed by atoms with Gasteiger partial charge in [-0.05, 0) is 35.9 Å². The molecule has 1 N–H and O–H groups in total. The van der Waals surface area contributed by atoms with Crippen molar-refractivity contribution >= 4 is 17.9 Å². The van der Waals surface area contributed by atoms with E-state index in [2.05, 4.69) is 10.3 Å². The summed E-state index contributed by atoms with van der Waals surface area (Å²) >= 11 is 0. The second kappa shape index (κ2) is 10.9. The number of benzene rings is 1. The topological polar surface area (TPSA) is 93.3 Å². The summed E-state index contributed by atoms with van der Waals surface area (Å²) in [5.74, 6) is 0.0890. The van der Waals surface area contributed by atoms with E-state index in [0.29, 0.717) is 12.3 Å². The predicted octanol–water partition coefficient (Wildman–Crippen LogP) is 3.37. The SMILES string of the molecule is CN(CC(=O)NCc1ccco1)C(=O)C=Cc1cn(Cc2ccccc2)nc1-c1cccnc1. The Balaban J connectivity index is 1.44. The van der Waals surface area contributed by atoms with E-state index in [1.54, 1.807) is 43.9 Å². The van der Waals surface area contributed by atoms with Crippen LogP contribution in [0.1, 0.15) is 16.9 Å². The van der Waals surface area contributed by atoms with Gasteiger partial charge in [0.05, 0.1) is 25.9 Å². The molecule has 172 valence electrons. The molecule has 0 aliphatic carbocycles. The molecule has 1 aromatic carbocycles. The zero-order valence-electron chi connectivity index (χ0n) is 18.8. The van der Waals surface area contributed by atoms with Crippen LogP contribution in [0, 0.1) is 0 Å². The van der Waals surface area contributed by atoms with Crippen LogP contribution >= 0.6 is 0 Å². The molecule has 0 fully saturated rings. The van der Waals surface area contributed by atoms with Gasteiger partial charge in [0.15, 0.2) is 0 Å². The normalized spacial score (nSPS) is 11.0. The Morgan fingerprint density at radius 1 is 1.12 bits per heavy atom. The van der Waals surface area contributed by atoms with Gasteiger partial charge in [-0.15, -0.1) is 0 Å². The maximum absolute atomic E-state index is 12.6. The molecule has 0 saturated heterocycles. The summed E-state index contributed by atoms with van der Waals surface area (Å²) in [6, 6.07) is 17.3. The van der Waals surface area contributed by atoms with E-state index in [9.17, 15) is 9.59 Å². The fourth-order valence-electron chi connectivity index (χ4n) is 3.37. The molecule has 34 heavy (non-hydrogen) atoms. The first-order valence-electron chi connectivity index (χ1n) is 10.8. The fourth-order valence-corrected chi connectivity index (χ4v) is 3.37. The van der Waals surface area contributed by atoms with E-state index in [-0.39, 0.29) is 24.9 Å². The van der Waals surface area contributed by atoms with Crippen LogP contribution in [-0.2, 0) is 22.7 Å². The van der Waals surface area contributed by atoms with Gasteiger partial charge in [-0.3, -0.25) is 19.3 Å². The van der Waals surface area contributed by atoms with Crippen LogP contribution in [0.25, 0.3) is 17.3 Å². The first kappa shape index (κ1) is 22.7. The number of pyridine rings is 1. The van der Waals surface area contributed by atoms with Crippen LogP contribution in [0.4, 0.5) is 0 Å². The largest absolute Gasteiger partial charge is 0.467 e. The number of rotatable bonds is 9. The maximum atomic E-state index is 12.6. The van der Waals surface area contributed by atoms with Gasteiger partial charge in [0.2, 0.25) is 11.8 Å². The summed E-state index contributed by atoms with van der Waals surface area (Å²) < 4.78 is 7.03. The quantitative estimate of drug-likeness (QED) is 0.391. The standard InChI is InChI=1S/C26H25N5O3/c1-30(19-24(32)28-16-23-10-6-14-34-23)25(33)12-11-22-18-31(17-20-7-3-2-4-8-20)29-26(22)21-9-5-13-27-15-21/h2-15,18H,16-17,19H2,1H3,(H,28,32). The highest BCUT2D eigenvalue weighted by Crippen LogP contribution is 2.23. The number of carbonyl (C=O) groups is 2. The van der Waals surface area contributed by atoms with E-state index in [0.717, 1.165) is 22.4 Å². The second-order valence-electron chi connectivity index (χ2n) is 7.74. The minimum atomic E-state index is -0.291. The highest BCUT2D eigenvalue weighted by Gasteiger charge is 2.13. The van der Waals surface area contributed by atoms with Crippen molar-refractivity contribution in [2.45, 2.75) is 13.1 Å². The van der Waals surface area contributed by atoms with Crippen molar-refractivity contribution in [3.05, 3.63) is 102 Å². The smallest absolute Gasteiger partial charge is 0.246 e. The van der Waals surface area contributed by atoms with Gasteiger partial charge >= 0.3 is 0 Å². The highest BCUT2D eigenvalue weighted by molar-refractivity contribution is 5.95. The van der Waals surface area contributed by atoms with Crippen molar-refractivity contribution in [1.29, 1.82) is 0 Å². The van der Waals surface area contributed by atoms with Gasteiger partial charge in [-0.2, -0.15) is 5.10 Å². The Bertz CT molecular complexity index is 1250. The third-order valence-electron chi connectivity index (χ3n) is 5.11. The minimum Gasteiger partial charge on any atom is -0.467 e. The molecule has 4 aromatic rings. The molecular formula is C26H25N5O3. The Labute approximate surface area is 197 Å². The number of hydrogen-bond acceptors (Lipinski definition) is 5. The summed E-state index contributed by atoms with van der Waals surface area (Å²) in [6.45, 7) is 0.816. The fraction of sp³-hybridized carbons (Fsp3) is 0.154. The van der Waals surface area contributed by atoms with Gasteiger partial charge in [-0.25, -0.2) is 0 Å². The van der Waals surface area contributed by atoms with Crippen molar-refractivity contribution in [3.8, 4) is 11.3 Å². The third kappa shape index (κ3) is 6.07.